The zero-order valence-electron chi connectivity index (χ0n) is 12.2. The molecule has 1 aromatic rings. The van der Waals surface area contributed by atoms with Gasteiger partial charge in [-0.3, -0.25) is 9.59 Å². The molecule has 122 valence electrons. The molecule has 0 radical (unpaired) electrons. The van der Waals surface area contributed by atoms with Crippen molar-refractivity contribution in [3.63, 3.8) is 0 Å². The number of hydrogen-bond acceptors (Lipinski definition) is 4. The maximum Gasteiger partial charge on any atom is 0.308 e. The van der Waals surface area contributed by atoms with Crippen LogP contribution in [0.4, 0.5) is 0 Å². The van der Waals surface area contributed by atoms with Crippen LogP contribution in [0.5, 0.6) is 0 Å². The Hall–Kier alpha value is -0.920. The number of carboxylic acids is 1. The van der Waals surface area contributed by atoms with Gasteiger partial charge in [-0.1, -0.05) is 0 Å². The Bertz CT molecular complexity index is 513. The predicted molar refractivity (Wildman–Crippen MR) is 88.0 cm³/mol. The monoisotopic (exact) mass is 389 g/mol. The Morgan fingerprint density at radius 1 is 1.45 bits per heavy atom. The summed E-state index contributed by atoms with van der Waals surface area (Å²) < 4.78 is 6.29. The number of thiophene rings is 1. The van der Waals surface area contributed by atoms with Gasteiger partial charge in [0.05, 0.1) is 5.92 Å². The molecule has 1 aromatic heterocycles. The van der Waals surface area contributed by atoms with Gasteiger partial charge in [0, 0.05) is 40.9 Å². The van der Waals surface area contributed by atoms with Crippen molar-refractivity contribution in [1.29, 1.82) is 0 Å². The van der Waals surface area contributed by atoms with Gasteiger partial charge in [0.1, 0.15) is 0 Å². The molecular weight excluding hydrogens is 370 g/mol. The van der Waals surface area contributed by atoms with E-state index in [1.54, 1.807) is 11.3 Å². The van der Waals surface area contributed by atoms with E-state index in [0.29, 0.717) is 26.1 Å². The van der Waals surface area contributed by atoms with Crippen LogP contribution < -0.4 is 5.32 Å². The molecule has 0 saturated carbocycles. The highest BCUT2D eigenvalue weighted by atomic mass is 79.9. The highest BCUT2D eigenvalue weighted by Gasteiger charge is 2.29. The van der Waals surface area contributed by atoms with E-state index in [0.717, 1.165) is 22.2 Å². The molecule has 1 amide bonds. The molecule has 1 saturated heterocycles. The van der Waals surface area contributed by atoms with Crippen LogP contribution in [-0.2, 0) is 20.7 Å². The van der Waals surface area contributed by atoms with Gasteiger partial charge in [-0.05, 0) is 47.2 Å². The Morgan fingerprint density at radius 2 is 2.18 bits per heavy atom. The Kier molecular flexibility index (Phi) is 6.85. The fourth-order valence-electron chi connectivity index (χ4n) is 2.61. The van der Waals surface area contributed by atoms with E-state index in [4.69, 9.17) is 4.74 Å². The molecule has 0 aliphatic carbocycles. The Labute approximate surface area is 142 Å². The van der Waals surface area contributed by atoms with Crippen LogP contribution >= 0.6 is 27.3 Å². The van der Waals surface area contributed by atoms with Crippen LogP contribution in [0.1, 0.15) is 24.1 Å². The van der Waals surface area contributed by atoms with Gasteiger partial charge in [0.15, 0.2) is 0 Å². The minimum absolute atomic E-state index is 0.0831. The van der Waals surface area contributed by atoms with Gasteiger partial charge in [-0.25, -0.2) is 0 Å². The number of rotatable bonds is 7. The second-order valence-corrected chi connectivity index (χ2v) is 7.34. The Morgan fingerprint density at radius 3 is 2.77 bits per heavy atom. The zero-order valence-corrected chi connectivity index (χ0v) is 14.6. The average molecular weight is 390 g/mol. The van der Waals surface area contributed by atoms with E-state index in [9.17, 15) is 14.7 Å². The van der Waals surface area contributed by atoms with Crippen LogP contribution in [0.3, 0.4) is 0 Å². The number of carboxylic acid groups (broad SMARTS) is 1. The second kappa shape index (κ2) is 8.64. The van der Waals surface area contributed by atoms with E-state index in [1.807, 2.05) is 11.4 Å². The minimum atomic E-state index is -0.839. The van der Waals surface area contributed by atoms with Crippen molar-refractivity contribution in [1.82, 2.24) is 5.32 Å². The van der Waals surface area contributed by atoms with Gasteiger partial charge in [0.25, 0.3) is 0 Å². The van der Waals surface area contributed by atoms with Crippen molar-refractivity contribution >= 4 is 39.1 Å². The SMILES string of the molecule is O=C(CCc1cc(Br)cs1)NCC(C(=O)O)C1CCOCC1. The molecule has 1 aliphatic rings. The van der Waals surface area contributed by atoms with Crippen LogP contribution in [-0.4, -0.2) is 36.7 Å². The molecule has 0 aromatic carbocycles. The number of carbonyl (C=O) groups excluding carboxylic acids is 1. The number of halogens is 1. The van der Waals surface area contributed by atoms with E-state index in [-0.39, 0.29) is 18.4 Å². The molecule has 0 bridgehead atoms. The lowest BCUT2D eigenvalue weighted by Gasteiger charge is -2.27. The zero-order chi connectivity index (χ0) is 15.9. The van der Waals surface area contributed by atoms with Gasteiger partial charge >= 0.3 is 5.97 Å². The molecule has 22 heavy (non-hydrogen) atoms. The van der Waals surface area contributed by atoms with Crippen molar-refractivity contribution in [2.45, 2.75) is 25.7 Å². The van der Waals surface area contributed by atoms with Gasteiger partial charge in [-0.15, -0.1) is 11.3 Å². The lowest BCUT2D eigenvalue weighted by Crippen LogP contribution is -2.39. The molecule has 1 aliphatic heterocycles. The molecule has 1 atom stereocenters. The van der Waals surface area contributed by atoms with Crippen LogP contribution in [0, 0.1) is 11.8 Å². The van der Waals surface area contributed by atoms with E-state index >= 15 is 0 Å². The standard InChI is InChI=1S/C15H20BrNO4S/c16-11-7-12(22-9-11)1-2-14(18)17-8-13(15(19)20)10-3-5-21-6-4-10/h7,9-10,13H,1-6,8H2,(H,17,18)(H,19,20). The summed E-state index contributed by atoms with van der Waals surface area (Å²) in [6, 6.07) is 2.00. The third-order valence-electron chi connectivity index (χ3n) is 3.89. The first-order valence-electron chi connectivity index (χ1n) is 7.36. The smallest absolute Gasteiger partial charge is 0.308 e. The number of amides is 1. The summed E-state index contributed by atoms with van der Waals surface area (Å²) in [7, 11) is 0. The number of aryl methyl sites for hydroxylation is 1. The molecule has 2 N–H and O–H groups in total. The number of hydrogen-bond donors (Lipinski definition) is 2. The second-order valence-electron chi connectivity index (χ2n) is 5.43. The summed E-state index contributed by atoms with van der Waals surface area (Å²) in [5.74, 6) is -1.37. The predicted octanol–water partition coefficient (Wildman–Crippen LogP) is 2.69. The van der Waals surface area contributed by atoms with Gasteiger partial charge in [0.2, 0.25) is 5.91 Å². The summed E-state index contributed by atoms with van der Waals surface area (Å²) in [5.41, 5.74) is 0. The topological polar surface area (TPSA) is 75.6 Å². The van der Waals surface area contributed by atoms with Crippen molar-refractivity contribution in [3.8, 4) is 0 Å². The van der Waals surface area contributed by atoms with Crippen molar-refractivity contribution in [3.05, 3.63) is 20.8 Å². The number of aliphatic carboxylic acids is 1. The summed E-state index contributed by atoms with van der Waals surface area (Å²) in [6.45, 7) is 1.41. The molecule has 0 spiro atoms. The molecule has 2 heterocycles. The van der Waals surface area contributed by atoms with E-state index in [2.05, 4.69) is 21.2 Å². The van der Waals surface area contributed by atoms with Crippen LogP contribution in [0.25, 0.3) is 0 Å². The molecule has 7 heteroatoms. The fourth-order valence-corrected chi connectivity index (χ4v) is 4.06. The highest BCUT2D eigenvalue weighted by molar-refractivity contribution is 9.10. The largest absolute Gasteiger partial charge is 0.481 e. The van der Waals surface area contributed by atoms with Crippen molar-refractivity contribution < 1.29 is 19.4 Å². The molecule has 1 fully saturated rings. The van der Waals surface area contributed by atoms with Gasteiger partial charge in [-0.2, -0.15) is 0 Å². The first-order chi connectivity index (χ1) is 10.6. The highest BCUT2D eigenvalue weighted by Crippen LogP contribution is 2.24. The lowest BCUT2D eigenvalue weighted by atomic mass is 9.86. The van der Waals surface area contributed by atoms with Gasteiger partial charge < -0.3 is 15.2 Å². The van der Waals surface area contributed by atoms with Crippen LogP contribution in [0.15, 0.2) is 15.9 Å². The molecule has 1 unspecified atom stereocenters. The third-order valence-corrected chi connectivity index (χ3v) is 5.65. The lowest BCUT2D eigenvalue weighted by molar-refractivity contribution is -0.144. The fraction of sp³-hybridized carbons (Fsp3) is 0.600. The molecule has 2 rings (SSSR count). The van der Waals surface area contributed by atoms with E-state index < -0.39 is 11.9 Å². The minimum Gasteiger partial charge on any atom is -0.481 e. The molecule has 5 nitrogen and oxygen atoms in total. The van der Waals surface area contributed by atoms with Crippen LogP contribution in [0.2, 0.25) is 0 Å². The number of nitrogens with one attached hydrogen (secondary N) is 1. The average Bonchev–Trinajstić information content (AvgIpc) is 2.92. The number of ether oxygens (including phenoxy) is 1. The number of carbonyl (C=O) groups is 2. The molecular formula is C15H20BrNO4S. The quantitative estimate of drug-likeness (QED) is 0.751. The maximum atomic E-state index is 11.9. The summed E-state index contributed by atoms with van der Waals surface area (Å²) in [6.07, 6.45) is 2.55. The normalized spacial score (nSPS) is 17.1. The van der Waals surface area contributed by atoms with Crippen molar-refractivity contribution in [2.75, 3.05) is 19.8 Å². The maximum absolute atomic E-state index is 11.9. The van der Waals surface area contributed by atoms with E-state index in [1.165, 1.54) is 0 Å². The van der Waals surface area contributed by atoms with Crippen molar-refractivity contribution in [2.24, 2.45) is 11.8 Å². The summed E-state index contributed by atoms with van der Waals surface area (Å²) in [5, 5.41) is 14.1. The summed E-state index contributed by atoms with van der Waals surface area (Å²) in [4.78, 5) is 24.4. The Balaban J connectivity index is 1.76. The summed E-state index contributed by atoms with van der Waals surface area (Å²) >= 11 is 4.99. The first kappa shape index (κ1) is 17.4. The third kappa shape index (κ3) is 5.37. The first-order valence-corrected chi connectivity index (χ1v) is 9.03.